The maximum atomic E-state index is 12.3. The lowest BCUT2D eigenvalue weighted by atomic mass is 10.1. The van der Waals surface area contributed by atoms with Crippen molar-refractivity contribution in [1.29, 1.82) is 0 Å². The Bertz CT molecular complexity index is 444. The Hall–Kier alpha value is -1.80. The predicted molar refractivity (Wildman–Crippen MR) is 69.4 cm³/mol. The van der Waals surface area contributed by atoms with Gasteiger partial charge in [0.05, 0.1) is 7.11 Å². The lowest BCUT2D eigenvalue weighted by Gasteiger charge is -2.14. The monoisotopic (exact) mass is 269 g/mol. The number of methoxy groups -OCH3 is 1. The first kappa shape index (κ1) is 15.3. The van der Waals surface area contributed by atoms with Crippen molar-refractivity contribution in [3.8, 4) is 23.8 Å². The third-order valence-electron chi connectivity index (χ3n) is 2.52. The second-order valence-electron chi connectivity index (χ2n) is 4.05. The van der Waals surface area contributed by atoms with E-state index in [0.717, 1.165) is 5.56 Å². The third kappa shape index (κ3) is 5.14. The van der Waals surface area contributed by atoms with Gasteiger partial charge in [-0.2, -0.15) is 8.78 Å². The summed E-state index contributed by atoms with van der Waals surface area (Å²) in [5.74, 6) is 2.86. The van der Waals surface area contributed by atoms with Crippen LogP contribution in [0.4, 0.5) is 8.78 Å². The molecule has 0 bridgehead atoms. The van der Waals surface area contributed by atoms with Crippen molar-refractivity contribution in [1.82, 2.24) is 5.32 Å². The van der Waals surface area contributed by atoms with Crippen LogP contribution in [0.3, 0.4) is 0 Å². The van der Waals surface area contributed by atoms with E-state index in [1.807, 2.05) is 6.92 Å². The molecular weight excluding hydrogens is 252 g/mol. The van der Waals surface area contributed by atoms with Gasteiger partial charge in [-0.1, -0.05) is 6.07 Å². The summed E-state index contributed by atoms with van der Waals surface area (Å²) in [6.07, 6.45) is 5.81. The fourth-order valence-electron chi connectivity index (χ4n) is 1.56. The second kappa shape index (κ2) is 7.59. The zero-order valence-corrected chi connectivity index (χ0v) is 11.0. The number of hydrogen-bond acceptors (Lipinski definition) is 3. The molecule has 1 N–H and O–H groups in total. The third-order valence-corrected chi connectivity index (χ3v) is 2.52. The van der Waals surface area contributed by atoms with Crippen LogP contribution < -0.4 is 14.8 Å². The molecule has 0 fully saturated rings. The lowest BCUT2D eigenvalue weighted by molar-refractivity contribution is -0.0512. The van der Waals surface area contributed by atoms with Gasteiger partial charge in [-0.05, 0) is 24.6 Å². The molecule has 0 saturated carbocycles. The molecule has 1 rings (SSSR count). The van der Waals surface area contributed by atoms with Gasteiger partial charge in [0.2, 0.25) is 0 Å². The molecule has 0 saturated heterocycles. The number of terminal acetylenes is 1. The standard InChI is InChI=1S/C14H17F2NO2/c1-4-5-10(2)17-9-11-6-7-12(18-3)13(8-11)19-14(15)16/h1,6-8,10,14,17H,5,9H2,2-3H3. The van der Waals surface area contributed by atoms with Gasteiger partial charge in [-0.15, -0.1) is 12.3 Å². The number of benzene rings is 1. The van der Waals surface area contributed by atoms with E-state index < -0.39 is 6.61 Å². The molecule has 0 aromatic heterocycles. The summed E-state index contributed by atoms with van der Waals surface area (Å²) >= 11 is 0. The largest absolute Gasteiger partial charge is 0.493 e. The van der Waals surface area contributed by atoms with Crippen LogP contribution >= 0.6 is 0 Å². The van der Waals surface area contributed by atoms with E-state index in [1.165, 1.54) is 13.2 Å². The van der Waals surface area contributed by atoms with Crippen molar-refractivity contribution in [3.05, 3.63) is 23.8 Å². The first-order valence-electron chi connectivity index (χ1n) is 5.85. The summed E-state index contributed by atoms with van der Waals surface area (Å²) < 4.78 is 33.9. The quantitative estimate of drug-likeness (QED) is 0.772. The smallest absolute Gasteiger partial charge is 0.387 e. The van der Waals surface area contributed by atoms with Crippen molar-refractivity contribution < 1.29 is 18.3 Å². The first-order valence-corrected chi connectivity index (χ1v) is 5.85. The van der Waals surface area contributed by atoms with Gasteiger partial charge in [0, 0.05) is 19.0 Å². The van der Waals surface area contributed by atoms with Crippen LogP contribution in [0.5, 0.6) is 11.5 Å². The normalized spacial score (nSPS) is 12.0. The molecular formula is C14H17F2NO2. The van der Waals surface area contributed by atoms with Gasteiger partial charge in [0.1, 0.15) is 0 Å². The highest BCUT2D eigenvalue weighted by Gasteiger charge is 2.11. The molecule has 1 aromatic carbocycles. The zero-order chi connectivity index (χ0) is 14.3. The minimum Gasteiger partial charge on any atom is -0.493 e. The maximum Gasteiger partial charge on any atom is 0.387 e. The van der Waals surface area contributed by atoms with Gasteiger partial charge < -0.3 is 14.8 Å². The SMILES string of the molecule is C#CCC(C)NCc1ccc(OC)c(OC(F)F)c1. The number of ether oxygens (including phenoxy) is 2. The van der Waals surface area contributed by atoms with Gasteiger partial charge in [-0.25, -0.2) is 0 Å². The fourth-order valence-corrected chi connectivity index (χ4v) is 1.56. The van der Waals surface area contributed by atoms with Crippen molar-refractivity contribution in [2.24, 2.45) is 0 Å². The summed E-state index contributed by atoms with van der Waals surface area (Å²) in [5, 5.41) is 3.19. The van der Waals surface area contributed by atoms with E-state index in [0.29, 0.717) is 13.0 Å². The number of halogens is 2. The highest BCUT2D eigenvalue weighted by Crippen LogP contribution is 2.29. The Morgan fingerprint density at radius 3 is 2.68 bits per heavy atom. The van der Waals surface area contributed by atoms with Crippen LogP contribution in [0.2, 0.25) is 0 Å². The molecule has 0 radical (unpaired) electrons. The van der Waals surface area contributed by atoms with E-state index >= 15 is 0 Å². The summed E-state index contributed by atoms with van der Waals surface area (Å²) in [4.78, 5) is 0. The van der Waals surface area contributed by atoms with Gasteiger partial charge in [-0.3, -0.25) is 0 Å². The highest BCUT2D eigenvalue weighted by atomic mass is 19.3. The Morgan fingerprint density at radius 1 is 1.37 bits per heavy atom. The van der Waals surface area contributed by atoms with Crippen molar-refractivity contribution >= 4 is 0 Å². The molecule has 1 atom stereocenters. The van der Waals surface area contributed by atoms with E-state index in [1.54, 1.807) is 12.1 Å². The van der Waals surface area contributed by atoms with Crippen LogP contribution in [-0.4, -0.2) is 19.8 Å². The number of nitrogens with one attached hydrogen (secondary N) is 1. The molecule has 0 heterocycles. The molecule has 0 aliphatic heterocycles. The molecule has 0 spiro atoms. The topological polar surface area (TPSA) is 30.5 Å². The summed E-state index contributed by atoms with van der Waals surface area (Å²) in [6.45, 7) is -0.399. The molecule has 0 aliphatic rings. The Balaban J connectivity index is 2.72. The highest BCUT2D eigenvalue weighted by molar-refractivity contribution is 5.43. The molecule has 0 amide bonds. The van der Waals surface area contributed by atoms with E-state index in [4.69, 9.17) is 11.2 Å². The minimum absolute atomic E-state index is 0.0291. The average Bonchev–Trinajstić information content (AvgIpc) is 2.36. The van der Waals surface area contributed by atoms with E-state index in [-0.39, 0.29) is 17.5 Å². The Kier molecular flexibility index (Phi) is 6.10. The zero-order valence-electron chi connectivity index (χ0n) is 11.0. The molecule has 5 heteroatoms. The fraction of sp³-hybridized carbons (Fsp3) is 0.429. The second-order valence-corrected chi connectivity index (χ2v) is 4.05. The van der Waals surface area contributed by atoms with E-state index in [2.05, 4.69) is 16.0 Å². The predicted octanol–water partition coefficient (Wildman–Crippen LogP) is 2.80. The number of alkyl halides is 2. The molecule has 1 aromatic rings. The van der Waals surface area contributed by atoms with Crippen molar-refractivity contribution in [2.45, 2.75) is 32.5 Å². The van der Waals surface area contributed by atoms with Crippen molar-refractivity contribution in [2.75, 3.05) is 7.11 Å². The molecule has 0 aliphatic carbocycles. The molecule has 104 valence electrons. The summed E-state index contributed by atoms with van der Waals surface area (Å²) in [6, 6.07) is 5.07. The minimum atomic E-state index is -2.88. The molecule has 19 heavy (non-hydrogen) atoms. The maximum absolute atomic E-state index is 12.3. The average molecular weight is 269 g/mol. The van der Waals surface area contributed by atoms with Crippen LogP contribution in [0.15, 0.2) is 18.2 Å². The lowest BCUT2D eigenvalue weighted by Crippen LogP contribution is -2.24. The van der Waals surface area contributed by atoms with E-state index in [9.17, 15) is 8.78 Å². The van der Waals surface area contributed by atoms with Gasteiger partial charge in [0.15, 0.2) is 11.5 Å². The number of rotatable bonds is 7. The van der Waals surface area contributed by atoms with Crippen LogP contribution in [0.1, 0.15) is 18.9 Å². The van der Waals surface area contributed by atoms with Gasteiger partial charge >= 0.3 is 6.61 Å². The molecule has 3 nitrogen and oxygen atoms in total. The number of hydrogen-bond donors (Lipinski definition) is 1. The van der Waals surface area contributed by atoms with Crippen molar-refractivity contribution in [3.63, 3.8) is 0 Å². The summed E-state index contributed by atoms with van der Waals surface area (Å²) in [7, 11) is 1.40. The van der Waals surface area contributed by atoms with Crippen LogP contribution in [-0.2, 0) is 6.54 Å². The first-order chi connectivity index (χ1) is 9.06. The molecule has 1 unspecified atom stereocenters. The van der Waals surface area contributed by atoms with Crippen LogP contribution in [0, 0.1) is 12.3 Å². The Labute approximate surface area is 111 Å². The van der Waals surface area contributed by atoms with Gasteiger partial charge in [0.25, 0.3) is 0 Å². The van der Waals surface area contributed by atoms with Crippen LogP contribution in [0.25, 0.3) is 0 Å². The Morgan fingerprint density at radius 2 is 2.11 bits per heavy atom. The summed E-state index contributed by atoms with van der Waals surface area (Å²) in [5.41, 5.74) is 0.820.